The van der Waals surface area contributed by atoms with Crippen LogP contribution in [0.25, 0.3) is 0 Å². The molecule has 17 heavy (non-hydrogen) atoms. The highest BCUT2D eigenvalue weighted by Gasteiger charge is 1.95. The Morgan fingerprint density at radius 2 is 2.35 bits per heavy atom. The van der Waals surface area contributed by atoms with Crippen molar-refractivity contribution < 1.29 is 4.74 Å². The van der Waals surface area contributed by atoms with Crippen molar-refractivity contribution in [3.8, 4) is 5.75 Å². The van der Waals surface area contributed by atoms with E-state index in [9.17, 15) is 0 Å². The molecule has 0 radical (unpaired) electrons. The Bertz CT molecular complexity index is 426. The van der Waals surface area contributed by atoms with Gasteiger partial charge in [0.1, 0.15) is 11.6 Å². The van der Waals surface area contributed by atoms with Gasteiger partial charge in [0, 0.05) is 19.3 Å². The number of aryl methyl sites for hydroxylation is 1. The lowest BCUT2D eigenvalue weighted by molar-refractivity contribution is 0.413. The second-order valence-electron chi connectivity index (χ2n) is 3.53. The zero-order chi connectivity index (χ0) is 11.9. The minimum atomic E-state index is 0.762. The summed E-state index contributed by atoms with van der Waals surface area (Å²) in [6.07, 6.45) is 6.20. The van der Waals surface area contributed by atoms with Crippen molar-refractivity contribution in [3.05, 3.63) is 30.7 Å². The summed E-state index contributed by atoms with van der Waals surface area (Å²) in [5.41, 5.74) is 0. The van der Waals surface area contributed by atoms with Crippen LogP contribution in [0.5, 0.6) is 5.75 Å². The van der Waals surface area contributed by atoms with Crippen LogP contribution in [-0.4, -0.2) is 33.6 Å². The van der Waals surface area contributed by atoms with E-state index in [0.29, 0.717) is 0 Å². The normalized spacial score (nSPS) is 10.2. The molecule has 1 N–H and O–H groups in total. The summed E-state index contributed by atoms with van der Waals surface area (Å²) in [5.74, 6) is 1.61. The fraction of sp³-hybridized carbons (Fsp3) is 0.364. The highest BCUT2D eigenvalue weighted by atomic mass is 16.5. The van der Waals surface area contributed by atoms with Gasteiger partial charge in [-0.1, -0.05) is 5.21 Å². The number of methoxy groups -OCH3 is 1. The molecule has 2 rings (SSSR count). The SMILES string of the molecule is COc1ccc(NCCCn2ccnn2)nc1. The van der Waals surface area contributed by atoms with E-state index in [2.05, 4.69) is 20.6 Å². The third-order valence-corrected chi connectivity index (χ3v) is 2.31. The first-order valence-electron chi connectivity index (χ1n) is 5.46. The van der Waals surface area contributed by atoms with Crippen LogP contribution in [0.1, 0.15) is 6.42 Å². The van der Waals surface area contributed by atoms with Crippen LogP contribution in [0, 0.1) is 0 Å². The van der Waals surface area contributed by atoms with Crippen LogP contribution in [0.3, 0.4) is 0 Å². The first-order valence-corrected chi connectivity index (χ1v) is 5.46. The Balaban J connectivity index is 1.70. The zero-order valence-corrected chi connectivity index (χ0v) is 9.71. The maximum absolute atomic E-state index is 5.03. The van der Waals surface area contributed by atoms with Gasteiger partial charge in [0.05, 0.1) is 19.5 Å². The number of anilines is 1. The Hall–Kier alpha value is -2.11. The van der Waals surface area contributed by atoms with E-state index in [4.69, 9.17) is 4.74 Å². The Labute approximate surface area is 99.6 Å². The van der Waals surface area contributed by atoms with Gasteiger partial charge in [-0.2, -0.15) is 0 Å². The third kappa shape index (κ3) is 3.44. The molecule has 90 valence electrons. The summed E-state index contributed by atoms with van der Waals surface area (Å²) < 4.78 is 6.84. The van der Waals surface area contributed by atoms with Crippen molar-refractivity contribution in [1.82, 2.24) is 20.0 Å². The molecule has 0 spiro atoms. The van der Waals surface area contributed by atoms with Gasteiger partial charge in [0.2, 0.25) is 0 Å². The maximum atomic E-state index is 5.03. The maximum Gasteiger partial charge on any atom is 0.137 e. The van der Waals surface area contributed by atoms with Crippen molar-refractivity contribution in [2.45, 2.75) is 13.0 Å². The van der Waals surface area contributed by atoms with Crippen LogP contribution in [-0.2, 0) is 6.54 Å². The number of aromatic nitrogens is 4. The molecule has 6 heteroatoms. The molecule has 0 bridgehead atoms. The molecule has 0 unspecified atom stereocenters. The summed E-state index contributed by atoms with van der Waals surface area (Å²) in [7, 11) is 1.63. The Kier molecular flexibility index (Phi) is 3.90. The molecule has 6 nitrogen and oxygen atoms in total. The van der Waals surface area contributed by atoms with Gasteiger partial charge in [-0.25, -0.2) is 4.98 Å². The van der Waals surface area contributed by atoms with E-state index in [1.54, 1.807) is 19.5 Å². The molecular formula is C11H15N5O. The first-order chi connectivity index (χ1) is 8.38. The van der Waals surface area contributed by atoms with Gasteiger partial charge in [0.25, 0.3) is 0 Å². The van der Waals surface area contributed by atoms with Gasteiger partial charge in [0.15, 0.2) is 0 Å². The first kappa shape index (κ1) is 11.4. The van der Waals surface area contributed by atoms with E-state index >= 15 is 0 Å². The van der Waals surface area contributed by atoms with Crippen molar-refractivity contribution in [3.63, 3.8) is 0 Å². The van der Waals surface area contributed by atoms with Crippen LogP contribution < -0.4 is 10.1 Å². The molecule has 0 saturated carbocycles. The monoisotopic (exact) mass is 233 g/mol. The minimum absolute atomic E-state index is 0.762. The third-order valence-electron chi connectivity index (χ3n) is 2.31. The predicted octanol–water partition coefficient (Wildman–Crippen LogP) is 1.18. The minimum Gasteiger partial charge on any atom is -0.495 e. The van der Waals surface area contributed by atoms with E-state index in [0.717, 1.165) is 31.1 Å². The van der Waals surface area contributed by atoms with Gasteiger partial charge >= 0.3 is 0 Å². The molecule has 0 saturated heterocycles. The fourth-order valence-corrected chi connectivity index (χ4v) is 1.42. The number of nitrogens with zero attached hydrogens (tertiary/aromatic N) is 4. The summed E-state index contributed by atoms with van der Waals surface area (Å²) in [5, 5.41) is 10.9. The molecule has 0 amide bonds. The quantitative estimate of drug-likeness (QED) is 0.759. The summed E-state index contributed by atoms with van der Waals surface area (Å²) in [6, 6.07) is 3.78. The molecular weight excluding hydrogens is 218 g/mol. The second kappa shape index (κ2) is 5.83. The number of nitrogens with one attached hydrogen (secondary N) is 1. The summed E-state index contributed by atoms with van der Waals surface area (Å²) >= 11 is 0. The van der Waals surface area contributed by atoms with Crippen LogP contribution in [0.4, 0.5) is 5.82 Å². The Morgan fingerprint density at radius 3 is 3.00 bits per heavy atom. The molecule has 2 aromatic rings. The van der Waals surface area contributed by atoms with Gasteiger partial charge in [-0.3, -0.25) is 4.68 Å². The van der Waals surface area contributed by atoms with Gasteiger partial charge < -0.3 is 10.1 Å². The van der Waals surface area contributed by atoms with Crippen molar-refractivity contribution in [2.75, 3.05) is 19.0 Å². The number of pyridine rings is 1. The average molecular weight is 233 g/mol. The van der Waals surface area contributed by atoms with Crippen molar-refractivity contribution in [2.24, 2.45) is 0 Å². The lowest BCUT2D eigenvalue weighted by atomic mass is 10.4. The van der Waals surface area contributed by atoms with Gasteiger partial charge in [-0.15, -0.1) is 5.10 Å². The van der Waals surface area contributed by atoms with Gasteiger partial charge in [-0.05, 0) is 18.6 Å². The largest absolute Gasteiger partial charge is 0.495 e. The summed E-state index contributed by atoms with van der Waals surface area (Å²) in [4.78, 5) is 4.21. The lowest BCUT2D eigenvalue weighted by Gasteiger charge is -2.06. The number of hydrogen-bond acceptors (Lipinski definition) is 5. The van der Waals surface area contributed by atoms with E-state index in [-0.39, 0.29) is 0 Å². The predicted molar refractivity (Wildman–Crippen MR) is 63.9 cm³/mol. The molecule has 2 heterocycles. The fourth-order valence-electron chi connectivity index (χ4n) is 1.42. The van der Waals surface area contributed by atoms with Crippen LogP contribution in [0.15, 0.2) is 30.7 Å². The molecule has 0 aliphatic rings. The highest BCUT2D eigenvalue weighted by Crippen LogP contribution is 2.10. The molecule has 0 aliphatic heterocycles. The van der Waals surface area contributed by atoms with Crippen molar-refractivity contribution in [1.29, 1.82) is 0 Å². The van der Waals surface area contributed by atoms with E-state index < -0.39 is 0 Å². The standard InChI is InChI=1S/C11H15N5O/c1-17-10-3-4-11(13-9-10)12-5-2-7-16-8-6-14-15-16/h3-4,6,8-9H,2,5,7H2,1H3,(H,12,13). The molecule has 0 atom stereocenters. The van der Waals surface area contributed by atoms with Crippen LogP contribution in [0.2, 0.25) is 0 Å². The van der Waals surface area contributed by atoms with Crippen molar-refractivity contribution >= 4 is 5.82 Å². The topological polar surface area (TPSA) is 64.9 Å². The van der Waals surface area contributed by atoms with E-state index in [1.807, 2.05) is 23.0 Å². The number of ether oxygens (including phenoxy) is 1. The highest BCUT2D eigenvalue weighted by molar-refractivity contribution is 5.37. The molecule has 0 aliphatic carbocycles. The summed E-state index contributed by atoms with van der Waals surface area (Å²) in [6.45, 7) is 1.70. The molecule has 2 aromatic heterocycles. The Morgan fingerprint density at radius 1 is 1.41 bits per heavy atom. The molecule has 0 fully saturated rings. The zero-order valence-electron chi connectivity index (χ0n) is 9.71. The van der Waals surface area contributed by atoms with Crippen LogP contribution >= 0.6 is 0 Å². The second-order valence-corrected chi connectivity index (χ2v) is 3.53. The smallest absolute Gasteiger partial charge is 0.137 e. The number of hydrogen-bond donors (Lipinski definition) is 1. The van der Waals surface area contributed by atoms with E-state index in [1.165, 1.54) is 0 Å². The number of rotatable bonds is 6. The lowest BCUT2D eigenvalue weighted by Crippen LogP contribution is -2.08. The molecule has 0 aromatic carbocycles. The average Bonchev–Trinajstić information content (AvgIpc) is 2.88.